The van der Waals surface area contributed by atoms with Crippen LogP contribution in [0.25, 0.3) is 0 Å². The molecular formula is C13H11N3O2S. The maximum Gasteiger partial charge on any atom is 0.236 e. The lowest BCUT2D eigenvalue weighted by Gasteiger charge is -2.07. The zero-order chi connectivity index (χ0) is 13.7. The van der Waals surface area contributed by atoms with Gasteiger partial charge >= 0.3 is 0 Å². The van der Waals surface area contributed by atoms with Crippen LogP contribution in [-0.4, -0.2) is 13.4 Å². The quantitative estimate of drug-likeness (QED) is 0.922. The Morgan fingerprint density at radius 1 is 1.11 bits per heavy atom. The normalized spacial score (nSPS) is 10.7. The van der Waals surface area contributed by atoms with Crippen LogP contribution in [0.3, 0.4) is 0 Å². The number of nitrogens with one attached hydrogen (secondary N) is 1. The van der Waals surface area contributed by atoms with Gasteiger partial charge in [0.15, 0.2) is 0 Å². The third-order valence-corrected chi connectivity index (χ3v) is 3.65. The third-order valence-electron chi connectivity index (χ3n) is 2.39. The van der Waals surface area contributed by atoms with Crippen LogP contribution in [0.1, 0.15) is 11.1 Å². The molecule has 1 aromatic heterocycles. The van der Waals surface area contributed by atoms with Crippen LogP contribution in [0.15, 0.2) is 48.8 Å². The zero-order valence-corrected chi connectivity index (χ0v) is 10.8. The molecule has 1 aromatic carbocycles. The first-order chi connectivity index (χ1) is 9.09. The van der Waals surface area contributed by atoms with Crippen molar-refractivity contribution in [3.8, 4) is 6.07 Å². The zero-order valence-electron chi connectivity index (χ0n) is 9.95. The van der Waals surface area contributed by atoms with Gasteiger partial charge in [0.25, 0.3) is 0 Å². The largest absolute Gasteiger partial charge is 0.283 e. The van der Waals surface area contributed by atoms with Gasteiger partial charge in [0.05, 0.1) is 23.1 Å². The maximum absolute atomic E-state index is 11.9. The molecule has 0 fully saturated rings. The standard InChI is InChI=1S/C13H11N3O2S/c14-9-11-1-3-12(4-2-11)10-19(17,18)16-13-5-7-15-8-6-13/h1-8H,10H2,(H,15,16). The van der Waals surface area contributed by atoms with Crippen molar-refractivity contribution >= 4 is 15.7 Å². The second-order valence-electron chi connectivity index (χ2n) is 3.91. The molecule has 96 valence electrons. The number of nitrogens with zero attached hydrogens (tertiary/aromatic N) is 2. The van der Waals surface area contributed by atoms with E-state index < -0.39 is 10.0 Å². The van der Waals surface area contributed by atoms with Gasteiger partial charge in [0.1, 0.15) is 0 Å². The highest BCUT2D eigenvalue weighted by Gasteiger charge is 2.11. The lowest BCUT2D eigenvalue weighted by molar-refractivity contribution is 0.600. The second-order valence-corrected chi connectivity index (χ2v) is 5.63. The maximum atomic E-state index is 11.9. The first-order valence-corrected chi connectivity index (χ1v) is 7.14. The number of sulfonamides is 1. The Kier molecular flexibility index (Phi) is 3.78. The Morgan fingerprint density at radius 2 is 1.74 bits per heavy atom. The van der Waals surface area contributed by atoms with Crippen molar-refractivity contribution in [2.24, 2.45) is 0 Å². The van der Waals surface area contributed by atoms with Crippen LogP contribution >= 0.6 is 0 Å². The lowest BCUT2D eigenvalue weighted by atomic mass is 10.2. The summed E-state index contributed by atoms with van der Waals surface area (Å²) in [6.45, 7) is 0. The van der Waals surface area contributed by atoms with Gasteiger partial charge < -0.3 is 0 Å². The summed E-state index contributed by atoms with van der Waals surface area (Å²) in [5.74, 6) is -0.138. The van der Waals surface area contributed by atoms with E-state index in [4.69, 9.17) is 5.26 Å². The Morgan fingerprint density at radius 3 is 2.32 bits per heavy atom. The van der Waals surface area contributed by atoms with E-state index in [0.717, 1.165) is 0 Å². The molecule has 2 aromatic rings. The van der Waals surface area contributed by atoms with Crippen molar-refractivity contribution in [1.82, 2.24) is 4.98 Å². The summed E-state index contributed by atoms with van der Waals surface area (Å²) in [4.78, 5) is 3.81. The van der Waals surface area contributed by atoms with Crippen LogP contribution in [0.5, 0.6) is 0 Å². The number of hydrogen-bond donors (Lipinski definition) is 1. The highest BCUT2D eigenvalue weighted by Crippen LogP contribution is 2.12. The molecule has 0 bridgehead atoms. The lowest BCUT2D eigenvalue weighted by Crippen LogP contribution is -2.15. The molecule has 2 rings (SSSR count). The Balaban J connectivity index is 2.11. The fourth-order valence-electron chi connectivity index (χ4n) is 1.53. The Hall–Kier alpha value is -2.39. The molecule has 5 nitrogen and oxygen atoms in total. The van der Waals surface area contributed by atoms with E-state index in [-0.39, 0.29) is 5.75 Å². The van der Waals surface area contributed by atoms with Crippen LogP contribution in [-0.2, 0) is 15.8 Å². The van der Waals surface area contributed by atoms with Gasteiger partial charge in [-0.15, -0.1) is 0 Å². The molecule has 0 aliphatic carbocycles. The topological polar surface area (TPSA) is 82.8 Å². The molecule has 0 unspecified atom stereocenters. The molecule has 0 spiro atoms. The molecule has 0 radical (unpaired) electrons. The van der Waals surface area contributed by atoms with Crippen LogP contribution < -0.4 is 4.72 Å². The Labute approximate surface area is 111 Å². The van der Waals surface area contributed by atoms with E-state index in [2.05, 4.69) is 9.71 Å². The van der Waals surface area contributed by atoms with E-state index in [1.54, 1.807) is 36.4 Å². The molecule has 0 aliphatic heterocycles. The molecular weight excluding hydrogens is 262 g/mol. The van der Waals surface area contributed by atoms with E-state index >= 15 is 0 Å². The number of anilines is 1. The van der Waals surface area contributed by atoms with Crippen molar-refractivity contribution < 1.29 is 8.42 Å². The second kappa shape index (κ2) is 5.50. The minimum atomic E-state index is -3.47. The van der Waals surface area contributed by atoms with Crippen molar-refractivity contribution in [2.75, 3.05) is 4.72 Å². The van der Waals surface area contributed by atoms with E-state index in [9.17, 15) is 8.42 Å². The number of nitriles is 1. The highest BCUT2D eigenvalue weighted by atomic mass is 32.2. The minimum Gasteiger partial charge on any atom is -0.283 e. The third kappa shape index (κ3) is 3.79. The molecule has 19 heavy (non-hydrogen) atoms. The minimum absolute atomic E-state index is 0.138. The van der Waals surface area contributed by atoms with Crippen molar-refractivity contribution in [1.29, 1.82) is 5.26 Å². The molecule has 0 saturated heterocycles. The molecule has 0 aliphatic rings. The molecule has 1 heterocycles. The van der Waals surface area contributed by atoms with Crippen LogP contribution in [0.4, 0.5) is 5.69 Å². The molecule has 0 atom stereocenters. The molecule has 1 N–H and O–H groups in total. The monoisotopic (exact) mass is 273 g/mol. The van der Waals surface area contributed by atoms with Gasteiger partial charge in [0.2, 0.25) is 10.0 Å². The van der Waals surface area contributed by atoms with Gasteiger partial charge in [-0.1, -0.05) is 12.1 Å². The van der Waals surface area contributed by atoms with Gasteiger partial charge in [-0.25, -0.2) is 8.42 Å². The predicted octanol–water partition coefficient (Wildman–Crippen LogP) is 1.90. The smallest absolute Gasteiger partial charge is 0.236 e. The number of benzene rings is 1. The first-order valence-electron chi connectivity index (χ1n) is 5.49. The summed E-state index contributed by atoms with van der Waals surface area (Å²) in [6.07, 6.45) is 3.03. The van der Waals surface area contributed by atoms with Gasteiger partial charge in [0, 0.05) is 12.4 Å². The molecule has 0 saturated carbocycles. The highest BCUT2D eigenvalue weighted by molar-refractivity contribution is 7.91. The van der Waals surface area contributed by atoms with Gasteiger partial charge in [-0.3, -0.25) is 9.71 Å². The average molecular weight is 273 g/mol. The number of pyridine rings is 1. The van der Waals surface area contributed by atoms with Crippen LogP contribution in [0.2, 0.25) is 0 Å². The first kappa shape index (κ1) is 13.1. The Bertz CT molecular complexity index is 689. The number of aromatic nitrogens is 1. The van der Waals surface area contributed by atoms with Gasteiger partial charge in [-0.2, -0.15) is 5.26 Å². The van der Waals surface area contributed by atoms with Crippen molar-refractivity contribution in [2.45, 2.75) is 5.75 Å². The fourth-order valence-corrected chi connectivity index (χ4v) is 2.73. The van der Waals surface area contributed by atoms with E-state index in [1.165, 1.54) is 12.4 Å². The summed E-state index contributed by atoms with van der Waals surface area (Å²) in [7, 11) is -3.47. The summed E-state index contributed by atoms with van der Waals surface area (Å²) >= 11 is 0. The van der Waals surface area contributed by atoms with Crippen LogP contribution in [0, 0.1) is 11.3 Å². The summed E-state index contributed by atoms with van der Waals surface area (Å²) in [5.41, 5.74) is 1.60. The number of rotatable bonds is 4. The van der Waals surface area contributed by atoms with Crippen molar-refractivity contribution in [3.63, 3.8) is 0 Å². The molecule has 6 heteroatoms. The number of hydrogen-bond acceptors (Lipinski definition) is 4. The fraction of sp³-hybridized carbons (Fsp3) is 0.0769. The average Bonchev–Trinajstić information content (AvgIpc) is 2.39. The summed E-state index contributed by atoms with van der Waals surface area (Å²) in [6, 6.07) is 11.6. The van der Waals surface area contributed by atoms with Crippen molar-refractivity contribution in [3.05, 3.63) is 59.9 Å². The summed E-state index contributed by atoms with van der Waals surface area (Å²) in [5, 5.41) is 8.67. The SMILES string of the molecule is N#Cc1ccc(CS(=O)(=O)Nc2ccncc2)cc1. The van der Waals surface area contributed by atoms with E-state index in [0.29, 0.717) is 16.8 Å². The van der Waals surface area contributed by atoms with E-state index in [1.807, 2.05) is 6.07 Å². The molecule has 0 amide bonds. The van der Waals surface area contributed by atoms with Gasteiger partial charge in [-0.05, 0) is 29.8 Å². The predicted molar refractivity (Wildman–Crippen MR) is 71.6 cm³/mol. The summed E-state index contributed by atoms with van der Waals surface area (Å²) < 4.78 is 26.3.